The van der Waals surface area contributed by atoms with Crippen LogP contribution in [0.25, 0.3) is 0 Å². The fraction of sp³-hybridized carbons (Fsp3) is 0.462. The summed E-state index contributed by atoms with van der Waals surface area (Å²) in [7, 11) is 0. The fourth-order valence-corrected chi connectivity index (χ4v) is 2.22. The molecule has 6 heteroatoms. The van der Waals surface area contributed by atoms with Crippen molar-refractivity contribution in [3.8, 4) is 0 Å². The number of esters is 1. The van der Waals surface area contributed by atoms with Gasteiger partial charge in [-0.25, -0.2) is 4.79 Å². The van der Waals surface area contributed by atoms with E-state index in [0.29, 0.717) is 19.6 Å². The smallest absolute Gasteiger partial charge is 0.328 e. The van der Waals surface area contributed by atoms with Crippen molar-refractivity contribution in [3.05, 3.63) is 34.2 Å². The van der Waals surface area contributed by atoms with Gasteiger partial charge in [0.1, 0.15) is 11.7 Å². The molecule has 1 N–H and O–H groups in total. The molecular formula is C13H16N2O4. The van der Waals surface area contributed by atoms with Gasteiger partial charge in [-0.15, -0.1) is 0 Å². The molecule has 1 fully saturated rings. The van der Waals surface area contributed by atoms with Crippen LogP contribution in [0.15, 0.2) is 23.0 Å². The summed E-state index contributed by atoms with van der Waals surface area (Å²) in [6.07, 6.45) is 1.36. The molecule has 1 amide bonds. The van der Waals surface area contributed by atoms with Gasteiger partial charge in [0.25, 0.3) is 5.91 Å². The molecule has 0 bridgehead atoms. The minimum atomic E-state index is -0.545. The number of aromatic nitrogens is 1. The van der Waals surface area contributed by atoms with Crippen LogP contribution in [-0.4, -0.2) is 41.0 Å². The highest BCUT2D eigenvalue weighted by Gasteiger charge is 2.35. The third kappa shape index (κ3) is 2.83. The number of amides is 1. The molecule has 1 saturated heterocycles. The number of ether oxygens (including phenoxy) is 1. The third-order valence-electron chi connectivity index (χ3n) is 3.07. The lowest BCUT2D eigenvalue weighted by atomic mass is 10.2. The van der Waals surface area contributed by atoms with E-state index in [1.165, 1.54) is 23.1 Å². The number of hydrogen-bond acceptors (Lipinski definition) is 4. The van der Waals surface area contributed by atoms with Crippen molar-refractivity contribution in [3.63, 3.8) is 0 Å². The highest BCUT2D eigenvalue weighted by Crippen LogP contribution is 2.20. The second-order valence-corrected chi connectivity index (χ2v) is 4.34. The van der Waals surface area contributed by atoms with E-state index in [4.69, 9.17) is 4.74 Å². The van der Waals surface area contributed by atoms with E-state index in [-0.39, 0.29) is 23.1 Å². The molecule has 1 aromatic heterocycles. The van der Waals surface area contributed by atoms with Gasteiger partial charge in [0.2, 0.25) is 5.56 Å². The Morgan fingerprint density at radius 2 is 2.26 bits per heavy atom. The number of hydrogen-bond donors (Lipinski definition) is 1. The quantitative estimate of drug-likeness (QED) is 0.808. The third-order valence-corrected chi connectivity index (χ3v) is 3.07. The zero-order valence-corrected chi connectivity index (χ0v) is 10.7. The van der Waals surface area contributed by atoms with Crippen LogP contribution in [0.1, 0.15) is 30.3 Å². The molecule has 0 spiro atoms. The zero-order chi connectivity index (χ0) is 13.8. The molecule has 2 heterocycles. The van der Waals surface area contributed by atoms with Crippen molar-refractivity contribution in [1.29, 1.82) is 0 Å². The van der Waals surface area contributed by atoms with Crippen LogP contribution in [0.4, 0.5) is 0 Å². The first kappa shape index (κ1) is 13.3. The van der Waals surface area contributed by atoms with Gasteiger partial charge in [-0.05, 0) is 25.8 Å². The van der Waals surface area contributed by atoms with E-state index in [2.05, 4.69) is 4.98 Å². The van der Waals surface area contributed by atoms with Crippen molar-refractivity contribution in [2.75, 3.05) is 13.2 Å². The second-order valence-electron chi connectivity index (χ2n) is 4.34. The lowest BCUT2D eigenvalue weighted by molar-refractivity contribution is -0.147. The standard InChI is InChI=1S/C13H16N2O4/c1-2-19-13(18)10-6-4-8-15(10)12(17)9-5-3-7-11(16)14-9/h3,5,7,10H,2,4,6,8H2,1H3,(H,14,16). The van der Waals surface area contributed by atoms with Crippen LogP contribution in [0, 0.1) is 0 Å². The van der Waals surface area contributed by atoms with Gasteiger partial charge in [0.05, 0.1) is 6.61 Å². The molecule has 0 aliphatic carbocycles. The minimum Gasteiger partial charge on any atom is -0.464 e. The van der Waals surface area contributed by atoms with Gasteiger partial charge in [0, 0.05) is 12.6 Å². The number of carbonyl (C=O) groups is 2. The number of nitrogens with one attached hydrogen (secondary N) is 1. The van der Waals surface area contributed by atoms with E-state index >= 15 is 0 Å². The first-order valence-corrected chi connectivity index (χ1v) is 6.30. The van der Waals surface area contributed by atoms with Crippen LogP contribution in [0.2, 0.25) is 0 Å². The number of likely N-dealkylation sites (tertiary alicyclic amines) is 1. The Balaban J connectivity index is 2.18. The number of H-pyrrole nitrogens is 1. The van der Waals surface area contributed by atoms with Crippen LogP contribution >= 0.6 is 0 Å². The molecule has 0 radical (unpaired) electrons. The first-order valence-electron chi connectivity index (χ1n) is 6.30. The maximum atomic E-state index is 12.3. The van der Waals surface area contributed by atoms with Gasteiger partial charge >= 0.3 is 5.97 Å². The van der Waals surface area contributed by atoms with Gasteiger partial charge in [-0.2, -0.15) is 0 Å². The predicted molar refractivity (Wildman–Crippen MR) is 67.8 cm³/mol. The van der Waals surface area contributed by atoms with Crippen molar-refractivity contribution in [1.82, 2.24) is 9.88 Å². The Morgan fingerprint density at radius 3 is 2.95 bits per heavy atom. The molecular weight excluding hydrogens is 248 g/mol. The van der Waals surface area contributed by atoms with Crippen LogP contribution < -0.4 is 5.56 Å². The normalized spacial score (nSPS) is 18.4. The van der Waals surface area contributed by atoms with E-state index in [1.807, 2.05) is 0 Å². The van der Waals surface area contributed by atoms with Crippen LogP contribution in [-0.2, 0) is 9.53 Å². The Bertz CT molecular complexity index is 537. The molecule has 6 nitrogen and oxygen atoms in total. The number of carbonyl (C=O) groups excluding carboxylic acids is 2. The number of aromatic amines is 1. The summed E-state index contributed by atoms with van der Waals surface area (Å²) in [5.41, 5.74) is -0.138. The molecule has 19 heavy (non-hydrogen) atoms. The number of pyridine rings is 1. The average Bonchev–Trinajstić information content (AvgIpc) is 2.87. The van der Waals surface area contributed by atoms with Crippen LogP contribution in [0.3, 0.4) is 0 Å². The van der Waals surface area contributed by atoms with E-state index < -0.39 is 6.04 Å². The molecule has 2 rings (SSSR count). The molecule has 102 valence electrons. The van der Waals surface area contributed by atoms with Crippen molar-refractivity contribution < 1.29 is 14.3 Å². The van der Waals surface area contributed by atoms with Gasteiger partial charge in [-0.3, -0.25) is 9.59 Å². The SMILES string of the molecule is CCOC(=O)C1CCCN1C(=O)c1cccc(=O)[nH]1. The molecule has 1 aliphatic rings. The summed E-state index contributed by atoms with van der Waals surface area (Å²) in [5.74, 6) is -0.722. The lowest BCUT2D eigenvalue weighted by Crippen LogP contribution is -2.42. The van der Waals surface area contributed by atoms with Gasteiger partial charge in [-0.1, -0.05) is 6.07 Å². The highest BCUT2D eigenvalue weighted by atomic mass is 16.5. The van der Waals surface area contributed by atoms with E-state index in [1.54, 1.807) is 6.92 Å². The molecule has 1 unspecified atom stereocenters. The van der Waals surface area contributed by atoms with Gasteiger partial charge < -0.3 is 14.6 Å². The second kappa shape index (κ2) is 5.69. The predicted octanol–water partition coefficient (Wildman–Crippen LogP) is 0.543. The fourth-order valence-electron chi connectivity index (χ4n) is 2.22. The number of rotatable bonds is 3. The molecule has 0 saturated carbocycles. The number of nitrogens with zero attached hydrogens (tertiary/aromatic N) is 1. The summed E-state index contributed by atoms with van der Waals surface area (Å²) in [4.78, 5) is 39.2. The summed E-state index contributed by atoms with van der Waals surface area (Å²) >= 11 is 0. The van der Waals surface area contributed by atoms with Crippen LogP contribution in [0.5, 0.6) is 0 Å². The highest BCUT2D eigenvalue weighted by molar-refractivity contribution is 5.95. The maximum Gasteiger partial charge on any atom is 0.328 e. The Labute approximate surface area is 110 Å². The zero-order valence-electron chi connectivity index (χ0n) is 10.7. The lowest BCUT2D eigenvalue weighted by Gasteiger charge is -2.22. The molecule has 0 aromatic carbocycles. The van der Waals surface area contributed by atoms with E-state index in [9.17, 15) is 14.4 Å². The van der Waals surface area contributed by atoms with Crippen molar-refractivity contribution in [2.24, 2.45) is 0 Å². The van der Waals surface area contributed by atoms with E-state index in [0.717, 1.165) is 6.42 Å². The summed E-state index contributed by atoms with van der Waals surface area (Å²) in [6, 6.07) is 3.84. The largest absolute Gasteiger partial charge is 0.464 e. The Hall–Kier alpha value is -2.11. The van der Waals surface area contributed by atoms with Crippen molar-refractivity contribution >= 4 is 11.9 Å². The Morgan fingerprint density at radius 1 is 1.47 bits per heavy atom. The summed E-state index contributed by atoms with van der Waals surface area (Å²) in [5, 5.41) is 0. The molecule has 1 aromatic rings. The monoisotopic (exact) mass is 264 g/mol. The molecule has 1 aliphatic heterocycles. The van der Waals surface area contributed by atoms with Gasteiger partial charge in [0.15, 0.2) is 0 Å². The first-order chi connectivity index (χ1) is 9.13. The minimum absolute atomic E-state index is 0.198. The molecule has 1 atom stereocenters. The summed E-state index contributed by atoms with van der Waals surface area (Å²) in [6.45, 7) is 2.52. The average molecular weight is 264 g/mol. The summed E-state index contributed by atoms with van der Waals surface area (Å²) < 4.78 is 4.96. The topological polar surface area (TPSA) is 79.5 Å². The van der Waals surface area contributed by atoms with Crippen molar-refractivity contribution in [2.45, 2.75) is 25.8 Å². The Kier molecular flexibility index (Phi) is 3.99. The maximum absolute atomic E-state index is 12.3.